The lowest BCUT2D eigenvalue weighted by atomic mass is 10.1. The van der Waals surface area contributed by atoms with Crippen LogP contribution in [0.3, 0.4) is 0 Å². The van der Waals surface area contributed by atoms with Crippen LogP contribution in [-0.2, 0) is 4.74 Å². The van der Waals surface area contributed by atoms with Gasteiger partial charge in [0.25, 0.3) is 0 Å². The van der Waals surface area contributed by atoms with Gasteiger partial charge in [0.15, 0.2) is 11.5 Å². The number of cyclic esters (lactones) is 1. The lowest BCUT2D eigenvalue weighted by molar-refractivity contribution is -0.255. The number of esters is 1. The van der Waals surface area contributed by atoms with E-state index in [1.165, 1.54) is 26.4 Å². The van der Waals surface area contributed by atoms with Gasteiger partial charge in [0.1, 0.15) is 5.56 Å². The molecule has 0 amide bonds. The van der Waals surface area contributed by atoms with Gasteiger partial charge in [-0.15, -0.1) is 0 Å². The Balaban J connectivity index is 1.95. The van der Waals surface area contributed by atoms with E-state index in [1.807, 2.05) is 0 Å². The third-order valence-electron chi connectivity index (χ3n) is 3.69. The summed E-state index contributed by atoms with van der Waals surface area (Å²) in [6.45, 7) is 0. The second-order valence-electron chi connectivity index (χ2n) is 5.06. The third kappa shape index (κ3) is 2.60. The first kappa shape index (κ1) is 15.7. The molecule has 1 atom stereocenters. The van der Waals surface area contributed by atoms with Crippen molar-refractivity contribution >= 4 is 17.6 Å². The molecule has 7 nitrogen and oxygen atoms in total. The van der Waals surface area contributed by atoms with E-state index in [1.54, 1.807) is 24.3 Å². The molecule has 1 aliphatic heterocycles. The molecule has 3 rings (SSSR count). The number of aromatic carboxylic acids is 1. The minimum absolute atomic E-state index is 0.0249. The molecule has 7 heteroatoms. The van der Waals surface area contributed by atoms with Gasteiger partial charge in [0.2, 0.25) is 6.23 Å². The molecule has 0 unspecified atom stereocenters. The van der Waals surface area contributed by atoms with Crippen LogP contribution in [0.5, 0.6) is 11.5 Å². The summed E-state index contributed by atoms with van der Waals surface area (Å²) in [7, 11) is 2.92. The lowest BCUT2D eigenvalue weighted by Crippen LogP contribution is -2.22. The average molecular weight is 328 g/mol. The molecule has 1 aliphatic rings. The standard InChI is InChI=1S/C17H15NO6/c1-22-12-7-6-11-13(14(12)23-2)17(21)24-15(11)18-10-5-3-4-9(8-10)16(19)20/h3-8,15,18H,1-2H3,(H,19,20)/p-1/t15-/m1/s1. The number of benzene rings is 2. The van der Waals surface area contributed by atoms with Crippen LogP contribution < -0.4 is 19.9 Å². The number of anilines is 1. The van der Waals surface area contributed by atoms with E-state index in [-0.39, 0.29) is 11.1 Å². The summed E-state index contributed by atoms with van der Waals surface area (Å²) < 4.78 is 15.8. The van der Waals surface area contributed by atoms with Gasteiger partial charge in [-0.2, -0.15) is 0 Å². The van der Waals surface area contributed by atoms with Gasteiger partial charge in [-0.25, -0.2) is 4.79 Å². The summed E-state index contributed by atoms with van der Waals surface area (Å²) in [5.41, 5.74) is 1.37. The van der Waals surface area contributed by atoms with Crippen molar-refractivity contribution in [2.45, 2.75) is 6.23 Å². The molecule has 124 valence electrons. The minimum Gasteiger partial charge on any atom is -0.545 e. The van der Waals surface area contributed by atoms with E-state index in [4.69, 9.17) is 14.2 Å². The highest BCUT2D eigenvalue weighted by Crippen LogP contribution is 2.42. The lowest BCUT2D eigenvalue weighted by Gasteiger charge is -2.16. The highest BCUT2D eigenvalue weighted by molar-refractivity contribution is 5.98. The Morgan fingerprint density at radius 1 is 1.21 bits per heavy atom. The van der Waals surface area contributed by atoms with Crippen LogP contribution in [0.25, 0.3) is 0 Å². The molecule has 0 fully saturated rings. The quantitative estimate of drug-likeness (QED) is 0.827. The summed E-state index contributed by atoms with van der Waals surface area (Å²) in [5.74, 6) is -1.11. The maximum atomic E-state index is 12.2. The maximum absolute atomic E-state index is 12.2. The van der Waals surface area contributed by atoms with Crippen molar-refractivity contribution in [1.29, 1.82) is 0 Å². The van der Waals surface area contributed by atoms with Crippen molar-refractivity contribution in [3.63, 3.8) is 0 Å². The zero-order chi connectivity index (χ0) is 17.3. The zero-order valence-corrected chi connectivity index (χ0v) is 13.0. The molecule has 0 aliphatic carbocycles. The van der Waals surface area contributed by atoms with Crippen molar-refractivity contribution in [2.24, 2.45) is 0 Å². The van der Waals surface area contributed by atoms with Crippen LogP contribution >= 0.6 is 0 Å². The summed E-state index contributed by atoms with van der Waals surface area (Å²) in [4.78, 5) is 23.1. The molecule has 1 heterocycles. The van der Waals surface area contributed by atoms with Crippen molar-refractivity contribution in [3.05, 3.63) is 53.1 Å². The van der Waals surface area contributed by atoms with E-state index < -0.39 is 18.2 Å². The number of rotatable bonds is 5. The number of hydrogen-bond donors (Lipinski definition) is 1. The van der Waals surface area contributed by atoms with Crippen LogP contribution in [-0.4, -0.2) is 26.2 Å². The first-order valence-electron chi connectivity index (χ1n) is 7.09. The Hall–Kier alpha value is -3.22. The van der Waals surface area contributed by atoms with Gasteiger partial charge in [0.05, 0.1) is 20.2 Å². The first-order valence-corrected chi connectivity index (χ1v) is 7.09. The van der Waals surface area contributed by atoms with Crippen LogP contribution in [0, 0.1) is 0 Å². The van der Waals surface area contributed by atoms with Gasteiger partial charge in [-0.1, -0.05) is 12.1 Å². The highest BCUT2D eigenvalue weighted by atomic mass is 16.6. The van der Waals surface area contributed by atoms with E-state index in [9.17, 15) is 14.7 Å². The Morgan fingerprint density at radius 3 is 2.67 bits per heavy atom. The van der Waals surface area contributed by atoms with Crippen LogP contribution in [0.1, 0.15) is 32.5 Å². The van der Waals surface area contributed by atoms with Crippen LogP contribution in [0.2, 0.25) is 0 Å². The van der Waals surface area contributed by atoms with E-state index in [2.05, 4.69) is 5.32 Å². The fourth-order valence-electron chi connectivity index (χ4n) is 2.60. The number of methoxy groups -OCH3 is 2. The van der Waals surface area contributed by atoms with E-state index in [0.29, 0.717) is 22.7 Å². The van der Waals surface area contributed by atoms with E-state index >= 15 is 0 Å². The molecule has 0 spiro atoms. The third-order valence-corrected chi connectivity index (χ3v) is 3.69. The fourth-order valence-corrected chi connectivity index (χ4v) is 2.60. The molecular weight excluding hydrogens is 314 g/mol. The molecule has 1 N–H and O–H groups in total. The minimum atomic E-state index is -1.28. The number of carboxylic acid groups (broad SMARTS) is 1. The summed E-state index contributed by atoms with van der Waals surface area (Å²) in [6, 6.07) is 9.43. The topological polar surface area (TPSA) is 96.9 Å². The number of nitrogens with one attached hydrogen (secondary N) is 1. The van der Waals surface area contributed by atoms with Gasteiger partial charge in [0, 0.05) is 11.3 Å². The number of ether oxygens (including phenoxy) is 3. The molecule has 2 aromatic carbocycles. The molecular formula is C17H14NO6-. The molecule has 0 radical (unpaired) electrons. The molecule has 0 aromatic heterocycles. The van der Waals surface area contributed by atoms with Crippen molar-refractivity contribution in [1.82, 2.24) is 0 Å². The average Bonchev–Trinajstić information content (AvgIpc) is 2.90. The predicted octanol–water partition coefficient (Wildman–Crippen LogP) is 1.35. The Labute approximate surface area is 137 Å². The van der Waals surface area contributed by atoms with Crippen LogP contribution in [0.4, 0.5) is 5.69 Å². The molecule has 0 saturated carbocycles. The monoisotopic (exact) mass is 328 g/mol. The summed E-state index contributed by atoms with van der Waals surface area (Å²) in [6.07, 6.45) is -0.760. The zero-order valence-electron chi connectivity index (χ0n) is 13.0. The van der Waals surface area contributed by atoms with Crippen LogP contribution in [0.15, 0.2) is 36.4 Å². The van der Waals surface area contributed by atoms with E-state index in [0.717, 1.165) is 0 Å². The predicted molar refractivity (Wildman–Crippen MR) is 82.1 cm³/mol. The fraction of sp³-hybridized carbons (Fsp3) is 0.176. The second-order valence-corrected chi connectivity index (χ2v) is 5.06. The van der Waals surface area contributed by atoms with Gasteiger partial charge in [-0.05, 0) is 29.8 Å². The largest absolute Gasteiger partial charge is 0.545 e. The van der Waals surface area contributed by atoms with Crippen molar-refractivity contribution in [2.75, 3.05) is 19.5 Å². The number of carbonyl (C=O) groups is 2. The SMILES string of the molecule is COc1ccc2c(c1OC)C(=O)O[C@H]2Nc1cccc(C(=O)[O-])c1. The molecule has 0 bridgehead atoms. The number of carbonyl (C=O) groups excluding carboxylic acids is 2. The highest BCUT2D eigenvalue weighted by Gasteiger charge is 2.35. The number of hydrogen-bond acceptors (Lipinski definition) is 7. The summed E-state index contributed by atoms with van der Waals surface area (Å²) >= 11 is 0. The number of fused-ring (bicyclic) bond motifs is 1. The maximum Gasteiger partial charge on any atom is 0.344 e. The Bertz CT molecular complexity index is 817. The van der Waals surface area contributed by atoms with Gasteiger partial charge < -0.3 is 29.4 Å². The molecule has 0 saturated heterocycles. The first-order chi connectivity index (χ1) is 11.5. The van der Waals surface area contributed by atoms with Crippen molar-refractivity contribution < 1.29 is 28.9 Å². The molecule has 2 aromatic rings. The van der Waals surface area contributed by atoms with Crippen molar-refractivity contribution in [3.8, 4) is 11.5 Å². The summed E-state index contributed by atoms with van der Waals surface area (Å²) in [5, 5.41) is 13.9. The Morgan fingerprint density at radius 2 is 2.00 bits per heavy atom. The normalized spacial score (nSPS) is 15.4. The number of carboxylic acids is 1. The van der Waals surface area contributed by atoms with Gasteiger partial charge in [-0.3, -0.25) is 0 Å². The molecule has 24 heavy (non-hydrogen) atoms. The van der Waals surface area contributed by atoms with Gasteiger partial charge >= 0.3 is 5.97 Å². The Kier molecular flexibility index (Phi) is 3.99. The smallest absolute Gasteiger partial charge is 0.344 e. The second kappa shape index (κ2) is 6.11.